The molecule has 2 rings (SSSR count). The van der Waals surface area contributed by atoms with Crippen LogP contribution in [0, 0.1) is 5.92 Å². The van der Waals surface area contributed by atoms with Crippen LogP contribution in [0.15, 0.2) is 42.5 Å². The lowest BCUT2D eigenvalue weighted by Gasteiger charge is -2.35. The molecule has 0 radical (unpaired) electrons. The second-order valence-electron chi connectivity index (χ2n) is 9.41. The van der Waals surface area contributed by atoms with E-state index in [-0.39, 0.29) is 17.7 Å². The van der Waals surface area contributed by atoms with Gasteiger partial charge in [0.15, 0.2) is 8.32 Å². The second kappa shape index (κ2) is 9.90. The third-order valence-corrected chi connectivity index (χ3v) is 10.6. The van der Waals surface area contributed by atoms with Crippen LogP contribution in [0.2, 0.25) is 18.1 Å². The van der Waals surface area contributed by atoms with Gasteiger partial charge in [-0.1, -0.05) is 70.2 Å². The molecule has 166 valence electrons. The number of imide groups is 1. The summed E-state index contributed by atoms with van der Waals surface area (Å²) in [4.78, 5) is 26.3. The Hall–Kier alpha value is -1.96. The summed E-state index contributed by atoms with van der Waals surface area (Å²) in [5, 5.41) is 10.6. The van der Waals surface area contributed by atoms with Gasteiger partial charge in [-0.2, -0.15) is 0 Å². The Kier molecular flexibility index (Phi) is 8.02. The molecule has 30 heavy (non-hydrogen) atoms. The van der Waals surface area contributed by atoms with Crippen LogP contribution >= 0.6 is 0 Å². The van der Waals surface area contributed by atoms with Crippen molar-refractivity contribution >= 4 is 20.3 Å². The predicted molar refractivity (Wildman–Crippen MR) is 120 cm³/mol. The first-order valence-corrected chi connectivity index (χ1v) is 13.4. The van der Waals surface area contributed by atoms with E-state index in [1.807, 2.05) is 30.3 Å². The van der Waals surface area contributed by atoms with Crippen molar-refractivity contribution in [2.75, 3.05) is 13.2 Å². The third kappa shape index (κ3) is 6.03. The lowest BCUT2D eigenvalue weighted by molar-refractivity contribution is -0.135. The SMILES string of the molecule is C[C@@H](C(=O)N1C(=O)OC[C@H]1Cc1ccccc1)[C@@H](O)/C=C/CO[Si](C)(C)C(C)(C)C. The van der Waals surface area contributed by atoms with Gasteiger partial charge in [-0.15, -0.1) is 0 Å². The van der Waals surface area contributed by atoms with E-state index < -0.39 is 32.3 Å². The highest BCUT2D eigenvalue weighted by Gasteiger charge is 2.41. The zero-order valence-electron chi connectivity index (χ0n) is 18.9. The molecule has 1 saturated heterocycles. The number of carbonyl (C=O) groups is 2. The van der Waals surface area contributed by atoms with Crippen LogP contribution in [0.25, 0.3) is 0 Å². The minimum absolute atomic E-state index is 0.104. The Bertz CT molecular complexity index is 757. The van der Waals surface area contributed by atoms with Gasteiger partial charge in [-0.3, -0.25) is 4.79 Å². The highest BCUT2D eigenvalue weighted by Crippen LogP contribution is 2.36. The van der Waals surface area contributed by atoms with Crippen molar-refractivity contribution in [2.24, 2.45) is 5.92 Å². The fourth-order valence-corrected chi connectivity index (χ4v) is 3.91. The maximum atomic E-state index is 12.9. The highest BCUT2D eigenvalue weighted by atomic mass is 28.4. The monoisotopic (exact) mass is 433 g/mol. The molecule has 1 aliphatic rings. The Labute approximate surface area is 181 Å². The zero-order chi connectivity index (χ0) is 22.5. The molecule has 3 atom stereocenters. The second-order valence-corrected chi connectivity index (χ2v) is 14.2. The standard InChI is InChI=1S/C23H35NO5Si/c1-17(20(25)13-10-14-29-30(5,6)23(2,3)4)21(26)24-19(16-28-22(24)27)15-18-11-8-7-9-12-18/h7-13,17,19-20,25H,14-16H2,1-6H3/b13-10+/t17-,19-,20+/m1/s1. The van der Waals surface area contributed by atoms with Crippen molar-refractivity contribution in [1.82, 2.24) is 4.90 Å². The van der Waals surface area contributed by atoms with Gasteiger partial charge in [0.2, 0.25) is 5.91 Å². The van der Waals surface area contributed by atoms with E-state index >= 15 is 0 Å². The molecule has 0 saturated carbocycles. The molecular weight excluding hydrogens is 398 g/mol. The number of nitrogens with zero attached hydrogens (tertiary/aromatic N) is 1. The van der Waals surface area contributed by atoms with Gasteiger partial charge < -0.3 is 14.3 Å². The van der Waals surface area contributed by atoms with E-state index in [2.05, 4.69) is 33.9 Å². The van der Waals surface area contributed by atoms with Crippen molar-refractivity contribution in [1.29, 1.82) is 0 Å². The molecule has 0 aliphatic carbocycles. The minimum Gasteiger partial charge on any atom is -0.447 e. The Morgan fingerprint density at radius 3 is 2.57 bits per heavy atom. The van der Waals surface area contributed by atoms with E-state index in [1.54, 1.807) is 19.1 Å². The summed E-state index contributed by atoms with van der Waals surface area (Å²) in [7, 11) is -1.87. The Morgan fingerprint density at radius 2 is 1.97 bits per heavy atom. The molecule has 6 nitrogen and oxygen atoms in total. The van der Waals surface area contributed by atoms with Crippen LogP contribution in [0.1, 0.15) is 33.3 Å². The fourth-order valence-electron chi connectivity index (χ4n) is 2.97. The molecule has 2 amide bonds. The van der Waals surface area contributed by atoms with Crippen LogP contribution in [-0.2, 0) is 20.4 Å². The van der Waals surface area contributed by atoms with Gasteiger partial charge in [0.25, 0.3) is 0 Å². The number of amides is 2. The summed E-state index contributed by atoms with van der Waals surface area (Å²) in [5.74, 6) is -1.20. The topological polar surface area (TPSA) is 76.1 Å². The van der Waals surface area contributed by atoms with Crippen molar-refractivity contribution in [2.45, 2.75) is 64.4 Å². The van der Waals surface area contributed by atoms with Gasteiger partial charge >= 0.3 is 6.09 Å². The summed E-state index contributed by atoms with van der Waals surface area (Å²) < 4.78 is 11.2. The number of carbonyl (C=O) groups excluding carboxylic acids is 2. The minimum atomic E-state index is -1.87. The molecule has 1 aromatic rings. The summed E-state index contributed by atoms with van der Waals surface area (Å²) in [6.07, 6.45) is 2.19. The molecule has 1 N–H and O–H groups in total. The summed E-state index contributed by atoms with van der Waals surface area (Å²) in [6.45, 7) is 13.0. The number of cyclic esters (lactones) is 1. The van der Waals surface area contributed by atoms with Crippen LogP contribution in [0.3, 0.4) is 0 Å². The molecule has 1 aromatic carbocycles. The quantitative estimate of drug-likeness (QED) is 0.492. The number of benzene rings is 1. The smallest absolute Gasteiger partial charge is 0.416 e. The van der Waals surface area contributed by atoms with Crippen LogP contribution in [-0.4, -0.2) is 55.7 Å². The molecule has 1 heterocycles. The normalized spacial score (nSPS) is 19.8. The van der Waals surface area contributed by atoms with Gasteiger partial charge in [-0.05, 0) is 30.1 Å². The van der Waals surface area contributed by atoms with Crippen molar-refractivity contribution in [3.05, 3.63) is 48.0 Å². The lowest BCUT2D eigenvalue weighted by atomic mass is 10.00. The van der Waals surface area contributed by atoms with Crippen LogP contribution < -0.4 is 0 Å². The largest absolute Gasteiger partial charge is 0.447 e. The summed E-state index contributed by atoms with van der Waals surface area (Å²) in [5.41, 5.74) is 1.02. The maximum Gasteiger partial charge on any atom is 0.416 e. The first-order valence-electron chi connectivity index (χ1n) is 10.5. The highest BCUT2D eigenvalue weighted by molar-refractivity contribution is 6.74. The van der Waals surface area contributed by atoms with Crippen molar-refractivity contribution in [3.8, 4) is 0 Å². The van der Waals surface area contributed by atoms with E-state index in [9.17, 15) is 14.7 Å². The third-order valence-electron chi connectivity index (χ3n) is 6.09. The molecule has 0 aromatic heterocycles. The number of aliphatic hydroxyl groups excluding tert-OH is 1. The van der Waals surface area contributed by atoms with Crippen molar-refractivity contribution in [3.63, 3.8) is 0 Å². The number of rotatable bonds is 8. The summed E-state index contributed by atoms with van der Waals surface area (Å²) in [6, 6.07) is 9.30. The van der Waals surface area contributed by atoms with Crippen molar-refractivity contribution < 1.29 is 23.9 Å². The first-order chi connectivity index (χ1) is 13.9. The fraction of sp³-hybridized carbons (Fsp3) is 0.565. The average molecular weight is 434 g/mol. The van der Waals surface area contributed by atoms with Gasteiger partial charge in [0, 0.05) is 0 Å². The number of hydrogen-bond acceptors (Lipinski definition) is 5. The molecule has 0 spiro atoms. The molecule has 1 fully saturated rings. The Morgan fingerprint density at radius 1 is 1.33 bits per heavy atom. The van der Waals surface area contributed by atoms with E-state index in [0.717, 1.165) is 10.5 Å². The van der Waals surface area contributed by atoms with Gasteiger partial charge in [-0.25, -0.2) is 9.69 Å². The first kappa shape index (κ1) is 24.3. The number of aliphatic hydroxyl groups is 1. The zero-order valence-corrected chi connectivity index (χ0v) is 19.9. The Balaban J connectivity index is 1.96. The van der Waals surface area contributed by atoms with Gasteiger partial charge in [0.05, 0.1) is 24.7 Å². The maximum absolute atomic E-state index is 12.9. The molecule has 7 heteroatoms. The predicted octanol–water partition coefficient (Wildman–Crippen LogP) is 4.15. The average Bonchev–Trinajstić information content (AvgIpc) is 3.03. The molecule has 1 aliphatic heterocycles. The molecule has 0 unspecified atom stereocenters. The lowest BCUT2D eigenvalue weighted by Crippen LogP contribution is -2.45. The number of ether oxygens (including phenoxy) is 1. The number of hydrogen-bond donors (Lipinski definition) is 1. The van der Waals surface area contributed by atoms with E-state index in [0.29, 0.717) is 13.0 Å². The van der Waals surface area contributed by atoms with Crippen LogP contribution in [0.5, 0.6) is 0 Å². The molecular formula is C23H35NO5Si. The van der Waals surface area contributed by atoms with Gasteiger partial charge in [0.1, 0.15) is 6.61 Å². The van der Waals surface area contributed by atoms with E-state index in [4.69, 9.17) is 9.16 Å². The van der Waals surface area contributed by atoms with Crippen LogP contribution in [0.4, 0.5) is 4.79 Å². The summed E-state index contributed by atoms with van der Waals surface area (Å²) >= 11 is 0. The molecule has 0 bridgehead atoms. The van der Waals surface area contributed by atoms with E-state index in [1.165, 1.54) is 0 Å².